The van der Waals surface area contributed by atoms with Crippen LogP contribution in [0.4, 0.5) is 0 Å². The number of allylic oxidation sites excluding steroid dienone is 4. The predicted molar refractivity (Wildman–Crippen MR) is 76.0 cm³/mol. The van der Waals surface area contributed by atoms with E-state index < -0.39 is 5.91 Å². The molecule has 0 heterocycles. The zero-order valence-electron chi connectivity index (χ0n) is 11.1. The molecule has 0 aromatic heterocycles. The number of ether oxygens (including phenoxy) is 1. The number of para-hydroxylation sites is 1. The lowest BCUT2D eigenvalue weighted by Crippen LogP contribution is -2.16. The molecule has 1 aromatic rings. The predicted octanol–water partition coefficient (Wildman–Crippen LogP) is 3.00. The molecule has 0 saturated carbocycles. The van der Waals surface area contributed by atoms with Crippen LogP contribution in [0.2, 0.25) is 0 Å². The third kappa shape index (κ3) is 3.35. The number of rotatable bonds is 3. The molecule has 19 heavy (non-hydrogen) atoms. The van der Waals surface area contributed by atoms with Crippen molar-refractivity contribution < 1.29 is 9.53 Å². The summed E-state index contributed by atoms with van der Waals surface area (Å²) in [6, 6.07) is 7.01. The molecule has 0 aliphatic heterocycles. The second-order valence-corrected chi connectivity index (χ2v) is 4.60. The van der Waals surface area contributed by atoms with Crippen molar-refractivity contribution in [2.45, 2.75) is 20.0 Å². The Kier molecular flexibility index (Phi) is 3.85. The number of hydrogen-bond donors (Lipinski definition) is 1. The van der Waals surface area contributed by atoms with Crippen molar-refractivity contribution >= 4 is 5.91 Å². The molecule has 3 heteroatoms. The molecule has 0 saturated heterocycles. The molecule has 2 rings (SSSR count). The van der Waals surface area contributed by atoms with Gasteiger partial charge in [-0.25, -0.2) is 0 Å². The van der Waals surface area contributed by atoms with Crippen molar-refractivity contribution in [2.24, 2.45) is 5.73 Å². The topological polar surface area (TPSA) is 52.3 Å². The maximum atomic E-state index is 11.3. The van der Waals surface area contributed by atoms with E-state index in [1.807, 2.05) is 38.1 Å². The average Bonchev–Trinajstić information content (AvgIpc) is 2.51. The van der Waals surface area contributed by atoms with Gasteiger partial charge in [0.05, 0.1) is 5.56 Å². The Balaban J connectivity index is 2.25. The highest BCUT2D eigenvalue weighted by atomic mass is 16.5. The molecule has 3 nitrogen and oxygen atoms in total. The summed E-state index contributed by atoms with van der Waals surface area (Å²) in [6.45, 7) is 4.06. The molecule has 1 unspecified atom stereocenters. The Morgan fingerprint density at radius 3 is 2.68 bits per heavy atom. The van der Waals surface area contributed by atoms with Gasteiger partial charge in [0.15, 0.2) is 0 Å². The number of carbonyl (C=O) groups is 1. The summed E-state index contributed by atoms with van der Waals surface area (Å²) in [5, 5.41) is 0. The van der Waals surface area contributed by atoms with E-state index in [0.717, 1.165) is 5.57 Å². The van der Waals surface area contributed by atoms with Gasteiger partial charge in [-0.05, 0) is 38.1 Å². The minimum Gasteiger partial charge on any atom is -0.481 e. The second-order valence-electron chi connectivity index (χ2n) is 4.60. The van der Waals surface area contributed by atoms with Crippen LogP contribution in [0.5, 0.6) is 5.75 Å². The fourth-order valence-electron chi connectivity index (χ4n) is 2.01. The van der Waals surface area contributed by atoms with E-state index in [1.54, 1.807) is 18.2 Å². The molecule has 2 N–H and O–H groups in total. The van der Waals surface area contributed by atoms with E-state index in [0.29, 0.717) is 11.3 Å². The van der Waals surface area contributed by atoms with E-state index in [-0.39, 0.29) is 6.10 Å². The van der Waals surface area contributed by atoms with Crippen LogP contribution in [0.15, 0.2) is 59.7 Å². The monoisotopic (exact) mass is 255 g/mol. The van der Waals surface area contributed by atoms with Crippen molar-refractivity contribution in [3.63, 3.8) is 0 Å². The standard InChI is InChI=1S/C16H17NO2/c1-11-7-8-13(10-12(2)9-11)19-15-6-4-3-5-14(15)16(17)18/h3-10,13H,1-2H3,(H2,17,18). The number of benzene rings is 1. The minimum absolute atomic E-state index is 0.200. The number of primary amides is 1. The molecule has 0 radical (unpaired) electrons. The highest BCUT2D eigenvalue weighted by Gasteiger charge is 2.12. The van der Waals surface area contributed by atoms with Gasteiger partial charge >= 0.3 is 0 Å². The van der Waals surface area contributed by atoms with Gasteiger partial charge in [0.1, 0.15) is 11.9 Å². The van der Waals surface area contributed by atoms with Gasteiger partial charge in [-0.3, -0.25) is 4.79 Å². The zero-order valence-corrected chi connectivity index (χ0v) is 11.1. The van der Waals surface area contributed by atoms with Crippen molar-refractivity contribution in [1.29, 1.82) is 0 Å². The first-order chi connectivity index (χ1) is 9.06. The second kappa shape index (κ2) is 5.57. The van der Waals surface area contributed by atoms with Crippen LogP contribution >= 0.6 is 0 Å². The zero-order chi connectivity index (χ0) is 13.8. The molecule has 1 aliphatic carbocycles. The molecule has 0 fully saturated rings. The molecule has 1 atom stereocenters. The van der Waals surface area contributed by atoms with Crippen LogP contribution in [0.25, 0.3) is 0 Å². The van der Waals surface area contributed by atoms with E-state index in [9.17, 15) is 4.79 Å². The summed E-state index contributed by atoms with van der Waals surface area (Å²) in [4.78, 5) is 11.3. The summed E-state index contributed by atoms with van der Waals surface area (Å²) < 4.78 is 5.85. The molecular weight excluding hydrogens is 238 g/mol. The number of carbonyl (C=O) groups excluding carboxylic acids is 1. The molecule has 1 aliphatic rings. The molecule has 1 amide bonds. The summed E-state index contributed by atoms with van der Waals surface area (Å²) in [7, 11) is 0. The Labute approximate surface area is 113 Å². The highest BCUT2D eigenvalue weighted by molar-refractivity contribution is 5.95. The average molecular weight is 255 g/mol. The van der Waals surface area contributed by atoms with Crippen LogP contribution < -0.4 is 10.5 Å². The number of hydrogen-bond acceptors (Lipinski definition) is 2. The summed E-state index contributed by atoms with van der Waals surface area (Å²) in [6.07, 6.45) is 7.85. The first-order valence-electron chi connectivity index (χ1n) is 6.16. The first kappa shape index (κ1) is 13.1. The van der Waals surface area contributed by atoms with Crippen LogP contribution in [0, 0.1) is 0 Å². The van der Waals surface area contributed by atoms with Crippen molar-refractivity contribution in [2.75, 3.05) is 0 Å². The third-order valence-corrected chi connectivity index (χ3v) is 2.85. The Bertz CT molecular complexity index is 582. The summed E-state index contributed by atoms with van der Waals surface area (Å²) in [5.74, 6) is 0.0245. The van der Waals surface area contributed by atoms with Gasteiger partial charge in [-0.15, -0.1) is 0 Å². The molecule has 1 aromatic carbocycles. The van der Waals surface area contributed by atoms with Crippen molar-refractivity contribution in [3.05, 3.63) is 65.3 Å². The SMILES string of the molecule is CC1=CC(C)=CC(Oc2ccccc2C(N)=O)C=C1. The van der Waals surface area contributed by atoms with Crippen LogP contribution in [-0.2, 0) is 0 Å². The Morgan fingerprint density at radius 1 is 1.21 bits per heavy atom. The van der Waals surface area contributed by atoms with Crippen LogP contribution in [0.3, 0.4) is 0 Å². The Morgan fingerprint density at radius 2 is 1.95 bits per heavy atom. The molecule has 0 bridgehead atoms. The largest absolute Gasteiger partial charge is 0.481 e. The van der Waals surface area contributed by atoms with Crippen LogP contribution in [0.1, 0.15) is 24.2 Å². The van der Waals surface area contributed by atoms with Gasteiger partial charge in [-0.1, -0.05) is 35.4 Å². The lowest BCUT2D eigenvalue weighted by Gasteiger charge is -2.14. The number of nitrogens with two attached hydrogens (primary N) is 1. The van der Waals surface area contributed by atoms with Gasteiger partial charge in [-0.2, -0.15) is 0 Å². The molecular formula is C16H17NO2. The summed E-state index contributed by atoms with van der Waals surface area (Å²) in [5.41, 5.74) is 8.03. The van der Waals surface area contributed by atoms with Crippen molar-refractivity contribution in [3.8, 4) is 5.75 Å². The van der Waals surface area contributed by atoms with E-state index in [2.05, 4.69) is 6.08 Å². The smallest absolute Gasteiger partial charge is 0.252 e. The third-order valence-electron chi connectivity index (χ3n) is 2.85. The Hall–Kier alpha value is -2.29. The van der Waals surface area contributed by atoms with Gasteiger partial charge in [0.2, 0.25) is 0 Å². The van der Waals surface area contributed by atoms with Gasteiger partial charge in [0.25, 0.3) is 5.91 Å². The highest BCUT2D eigenvalue weighted by Crippen LogP contribution is 2.21. The quantitative estimate of drug-likeness (QED) is 0.902. The van der Waals surface area contributed by atoms with E-state index in [1.165, 1.54) is 5.57 Å². The van der Waals surface area contributed by atoms with Crippen molar-refractivity contribution in [1.82, 2.24) is 0 Å². The van der Waals surface area contributed by atoms with Crippen LogP contribution in [-0.4, -0.2) is 12.0 Å². The van der Waals surface area contributed by atoms with Gasteiger partial charge < -0.3 is 10.5 Å². The molecule has 98 valence electrons. The van der Waals surface area contributed by atoms with E-state index in [4.69, 9.17) is 10.5 Å². The summed E-state index contributed by atoms with van der Waals surface area (Å²) >= 11 is 0. The van der Waals surface area contributed by atoms with E-state index >= 15 is 0 Å². The first-order valence-corrected chi connectivity index (χ1v) is 6.16. The fourth-order valence-corrected chi connectivity index (χ4v) is 2.01. The maximum Gasteiger partial charge on any atom is 0.252 e. The molecule has 0 spiro atoms. The lowest BCUT2D eigenvalue weighted by atomic mass is 10.2. The maximum absolute atomic E-state index is 11.3. The van der Waals surface area contributed by atoms with Gasteiger partial charge in [0, 0.05) is 0 Å². The fraction of sp³-hybridized carbons (Fsp3) is 0.188. The minimum atomic E-state index is -0.483. The number of amides is 1. The normalized spacial score (nSPS) is 18.3. The lowest BCUT2D eigenvalue weighted by molar-refractivity contribution is 0.0996.